The summed E-state index contributed by atoms with van der Waals surface area (Å²) in [6.45, 7) is 5.96. The summed E-state index contributed by atoms with van der Waals surface area (Å²) in [7, 11) is 0. The highest BCUT2D eigenvalue weighted by Crippen LogP contribution is 2.22. The van der Waals surface area contributed by atoms with Gasteiger partial charge in [-0.25, -0.2) is 0 Å². The third-order valence-electron chi connectivity index (χ3n) is 2.94. The molecule has 0 spiro atoms. The average Bonchev–Trinajstić information content (AvgIpc) is 2.38. The second-order valence-electron chi connectivity index (χ2n) is 4.25. The first-order valence-electron chi connectivity index (χ1n) is 5.91. The number of aliphatic hydroxyl groups is 1. The van der Waals surface area contributed by atoms with Gasteiger partial charge in [0.2, 0.25) is 0 Å². The Morgan fingerprint density at radius 3 is 2.82 bits per heavy atom. The van der Waals surface area contributed by atoms with Crippen molar-refractivity contribution in [1.82, 2.24) is 4.98 Å². The van der Waals surface area contributed by atoms with Crippen LogP contribution in [0.25, 0.3) is 10.9 Å². The van der Waals surface area contributed by atoms with Gasteiger partial charge in [-0.1, -0.05) is 43.3 Å². The van der Waals surface area contributed by atoms with E-state index in [2.05, 4.69) is 11.6 Å². The first-order chi connectivity index (χ1) is 8.20. The summed E-state index contributed by atoms with van der Waals surface area (Å²) in [5.41, 5.74) is 2.69. The summed E-state index contributed by atoms with van der Waals surface area (Å²) < 4.78 is 0. The highest BCUT2D eigenvalue weighted by atomic mass is 16.3. The van der Waals surface area contributed by atoms with Crippen LogP contribution in [-0.2, 0) is 0 Å². The summed E-state index contributed by atoms with van der Waals surface area (Å²) in [4.78, 5) is 4.47. The van der Waals surface area contributed by atoms with Crippen molar-refractivity contribution in [2.45, 2.75) is 25.9 Å². The van der Waals surface area contributed by atoms with E-state index in [-0.39, 0.29) is 0 Å². The van der Waals surface area contributed by atoms with E-state index in [1.54, 1.807) is 0 Å². The number of nitrogens with zero attached hydrogens (tertiary/aromatic N) is 1. The van der Waals surface area contributed by atoms with Crippen LogP contribution in [0.4, 0.5) is 0 Å². The van der Waals surface area contributed by atoms with Gasteiger partial charge in [-0.05, 0) is 25.0 Å². The normalized spacial score (nSPS) is 12.6. The number of hydrogen-bond donors (Lipinski definition) is 1. The summed E-state index contributed by atoms with van der Waals surface area (Å²) in [6, 6.07) is 11.8. The monoisotopic (exact) mass is 227 g/mol. The van der Waals surface area contributed by atoms with E-state index in [1.807, 2.05) is 43.3 Å². The Hall–Kier alpha value is -1.67. The van der Waals surface area contributed by atoms with Gasteiger partial charge in [-0.3, -0.25) is 4.98 Å². The quantitative estimate of drug-likeness (QED) is 0.809. The number of aliphatic hydroxyl groups excluding tert-OH is 1. The fourth-order valence-electron chi connectivity index (χ4n) is 1.79. The molecule has 17 heavy (non-hydrogen) atoms. The van der Waals surface area contributed by atoms with E-state index in [0.717, 1.165) is 28.6 Å². The summed E-state index contributed by atoms with van der Waals surface area (Å²) >= 11 is 0. The molecule has 2 heteroatoms. The molecule has 88 valence electrons. The molecular formula is C15H17NO. The Morgan fingerprint density at radius 2 is 2.06 bits per heavy atom. The van der Waals surface area contributed by atoms with E-state index in [4.69, 9.17) is 0 Å². The van der Waals surface area contributed by atoms with Crippen molar-refractivity contribution in [3.8, 4) is 0 Å². The second kappa shape index (κ2) is 5.11. The predicted molar refractivity (Wildman–Crippen MR) is 70.8 cm³/mol. The molecule has 1 unspecified atom stereocenters. The minimum atomic E-state index is -0.549. The zero-order chi connectivity index (χ0) is 12.3. The van der Waals surface area contributed by atoms with Gasteiger partial charge in [0.05, 0.1) is 17.3 Å². The summed E-state index contributed by atoms with van der Waals surface area (Å²) in [5, 5.41) is 11.2. The molecule has 0 fully saturated rings. The molecule has 2 nitrogen and oxygen atoms in total. The maximum Gasteiger partial charge on any atom is 0.0996 e. The molecule has 0 aliphatic carbocycles. The van der Waals surface area contributed by atoms with Crippen LogP contribution >= 0.6 is 0 Å². The van der Waals surface area contributed by atoms with Crippen LogP contribution in [0.15, 0.2) is 48.6 Å². The first-order valence-corrected chi connectivity index (χ1v) is 5.91. The van der Waals surface area contributed by atoms with E-state index in [0.29, 0.717) is 6.42 Å². The van der Waals surface area contributed by atoms with E-state index >= 15 is 0 Å². The van der Waals surface area contributed by atoms with E-state index in [1.165, 1.54) is 0 Å². The Labute approximate surface area is 102 Å². The minimum Gasteiger partial charge on any atom is -0.386 e. The van der Waals surface area contributed by atoms with Crippen molar-refractivity contribution in [2.75, 3.05) is 0 Å². The fourth-order valence-corrected chi connectivity index (χ4v) is 1.79. The number of aromatic nitrogens is 1. The highest BCUT2D eigenvalue weighted by molar-refractivity contribution is 5.78. The lowest BCUT2D eigenvalue weighted by Crippen LogP contribution is -2.01. The number of fused-ring (bicyclic) bond motifs is 1. The molecule has 1 heterocycles. The maximum absolute atomic E-state index is 10.1. The van der Waals surface area contributed by atoms with Crippen molar-refractivity contribution in [1.29, 1.82) is 0 Å². The van der Waals surface area contributed by atoms with Crippen LogP contribution in [-0.4, -0.2) is 10.1 Å². The van der Waals surface area contributed by atoms with Crippen LogP contribution < -0.4 is 0 Å². The molecule has 1 N–H and O–H groups in total. The minimum absolute atomic E-state index is 0.549. The molecule has 0 amide bonds. The fraction of sp³-hybridized carbons (Fsp3) is 0.267. The van der Waals surface area contributed by atoms with Crippen LogP contribution in [0.2, 0.25) is 0 Å². The van der Waals surface area contributed by atoms with Crippen molar-refractivity contribution in [3.05, 3.63) is 54.2 Å². The van der Waals surface area contributed by atoms with Crippen LogP contribution in [0, 0.1) is 0 Å². The number of hydrogen-bond acceptors (Lipinski definition) is 2. The summed E-state index contributed by atoms with van der Waals surface area (Å²) in [5.74, 6) is 0. The molecular weight excluding hydrogens is 210 g/mol. The number of para-hydroxylation sites is 1. The molecule has 0 radical (unpaired) electrons. The number of pyridine rings is 1. The highest BCUT2D eigenvalue weighted by Gasteiger charge is 2.10. The van der Waals surface area contributed by atoms with Crippen LogP contribution in [0.1, 0.15) is 31.6 Å². The molecule has 0 bridgehead atoms. The second-order valence-corrected chi connectivity index (χ2v) is 4.25. The summed E-state index contributed by atoms with van der Waals surface area (Å²) in [6.07, 6.45) is 0.930. The predicted octanol–water partition coefficient (Wildman–Crippen LogP) is 3.62. The lowest BCUT2D eigenvalue weighted by Gasteiger charge is -2.11. The van der Waals surface area contributed by atoms with Gasteiger partial charge in [0, 0.05) is 5.39 Å². The standard InChI is InChI=1S/C15H17NO/c1-3-11(2)10-15(17)14-9-8-12-6-4-5-7-13(12)16-14/h4-9,15,17H,2-3,10H2,1H3. The zero-order valence-electron chi connectivity index (χ0n) is 10.1. The van der Waals surface area contributed by atoms with Gasteiger partial charge in [0.15, 0.2) is 0 Å². The molecule has 0 aliphatic heterocycles. The lowest BCUT2D eigenvalue weighted by atomic mass is 10.0. The Kier molecular flexibility index (Phi) is 3.55. The lowest BCUT2D eigenvalue weighted by molar-refractivity contribution is 0.173. The Bertz CT molecular complexity index is 533. The van der Waals surface area contributed by atoms with E-state index in [9.17, 15) is 5.11 Å². The first kappa shape index (κ1) is 11.8. The van der Waals surface area contributed by atoms with Crippen molar-refractivity contribution in [3.63, 3.8) is 0 Å². The Balaban J connectivity index is 2.26. The maximum atomic E-state index is 10.1. The average molecular weight is 227 g/mol. The number of benzene rings is 1. The van der Waals surface area contributed by atoms with Crippen molar-refractivity contribution >= 4 is 10.9 Å². The Morgan fingerprint density at radius 1 is 1.29 bits per heavy atom. The number of rotatable bonds is 4. The van der Waals surface area contributed by atoms with Crippen molar-refractivity contribution < 1.29 is 5.11 Å². The smallest absolute Gasteiger partial charge is 0.0996 e. The van der Waals surface area contributed by atoms with Gasteiger partial charge in [-0.15, -0.1) is 0 Å². The molecule has 0 saturated carbocycles. The topological polar surface area (TPSA) is 33.1 Å². The molecule has 1 aromatic heterocycles. The van der Waals surface area contributed by atoms with Crippen LogP contribution in [0.3, 0.4) is 0 Å². The molecule has 1 aromatic carbocycles. The van der Waals surface area contributed by atoms with Gasteiger partial charge in [-0.2, -0.15) is 0 Å². The van der Waals surface area contributed by atoms with Crippen LogP contribution in [0.5, 0.6) is 0 Å². The van der Waals surface area contributed by atoms with E-state index < -0.39 is 6.10 Å². The van der Waals surface area contributed by atoms with Gasteiger partial charge >= 0.3 is 0 Å². The third kappa shape index (κ3) is 2.71. The van der Waals surface area contributed by atoms with Gasteiger partial charge in [0.25, 0.3) is 0 Å². The van der Waals surface area contributed by atoms with Gasteiger partial charge in [0.1, 0.15) is 0 Å². The van der Waals surface area contributed by atoms with Gasteiger partial charge < -0.3 is 5.11 Å². The largest absolute Gasteiger partial charge is 0.386 e. The third-order valence-corrected chi connectivity index (χ3v) is 2.94. The molecule has 0 aliphatic rings. The molecule has 0 saturated heterocycles. The molecule has 2 rings (SSSR count). The molecule has 2 aromatic rings. The molecule has 1 atom stereocenters. The zero-order valence-corrected chi connectivity index (χ0v) is 10.1. The SMILES string of the molecule is C=C(CC)CC(O)c1ccc2ccccc2n1. The van der Waals surface area contributed by atoms with Crippen molar-refractivity contribution in [2.24, 2.45) is 0 Å².